The Labute approximate surface area is 72.3 Å². The maximum absolute atomic E-state index is 10.7. The molecule has 64 valence electrons. The number of piperidine rings is 1. The van der Waals surface area contributed by atoms with Gasteiger partial charge in [0.15, 0.2) is 0 Å². The van der Waals surface area contributed by atoms with Crippen molar-refractivity contribution in [3.63, 3.8) is 0 Å². The Morgan fingerprint density at radius 2 is 1.91 bits per heavy atom. The topological polar surface area (TPSA) is 46.3 Å². The molecule has 11 heavy (non-hydrogen) atoms. The first-order valence-corrected chi connectivity index (χ1v) is 4.45. The molecule has 1 aliphatic heterocycles. The third kappa shape index (κ3) is 2.38. The van der Waals surface area contributed by atoms with Crippen LogP contribution in [0.5, 0.6) is 0 Å². The third-order valence-electron chi connectivity index (χ3n) is 1.99. The van der Waals surface area contributed by atoms with Crippen molar-refractivity contribution >= 4 is 18.5 Å². The Balaban J connectivity index is 2.38. The zero-order chi connectivity index (χ0) is 8.27. The number of carbonyl (C=O) groups is 1. The van der Waals surface area contributed by atoms with Crippen molar-refractivity contribution in [2.24, 2.45) is 5.73 Å². The van der Waals surface area contributed by atoms with Gasteiger partial charge in [-0.05, 0) is 25.9 Å². The fourth-order valence-electron chi connectivity index (χ4n) is 1.34. The van der Waals surface area contributed by atoms with Crippen molar-refractivity contribution in [1.82, 2.24) is 4.90 Å². The van der Waals surface area contributed by atoms with Crippen LogP contribution in [0.25, 0.3) is 0 Å². The Bertz CT molecular complexity index is 145. The van der Waals surface area contributed by atoms with Crippen molar-refractivity contribution in [2.75, 3.05) is 13.1 Å². The van der Waals surface area contributed by atoms with Crippen molar-refractivity contribution in [3.05, 3.63) is 0 Å². The smallest absolute Gasteiger partial charge is 0.244 e. The van der Waals surface area contributed by atoms with E-state index in [1.807, 2.05) is 4.90 Å². The zero-order valence-electron chi connectivity index (χ0n) is 6.49. The van der Waals surface area contributed by atoms with E-state index in [4.69, 9.17) is 5.73 Å². The molecule has 1 heterocycles. The molecule has 1 unspecified atom stereocenters. The van der Waals surface area contributed by atoms with Gasteiger partial charge in [-0.1, -0.05) is 6.42 Å². The summed E-state index contributed by atoms with van der Waals surface area (Å²) in [5, 5.41) is -0.379. The van der Waals surface area contributed by atoms with Crippen molar-refractivity contribution < 1.29 is 4.79 Å². The van der Waals surface area contributed by atoms with E-state index in [2.05, 4.69) is 12.6 Å². The molecule has 3 nitrogen and oxygen atoms in total. The van der Waals surface area contributed by atoms with Crippen LogP contribution in [0.1, 0.15) is 19.3 Å². The molecule has 1 fully saturated rings. The molecule has 1 atom stereocenters. The van der Waals surface area contributed by atoms with Crippen LogP contribution in [0.4, 0.5) is 0 Å². The van der Waals surface area contributed by atoms with E-state index in [1.54, 1.807) is 0 Å². The summed E-state index contributed by atoms with van der Waals surface area (Å²) >= 11 is 4.12. The molecule has 2 N–H and O–H groups in total. The van der Waals surface area contributed by atoms with Crippen LogP contribution in [-0.4, -0.2) is 29.3 Å². The van der Waals surface area contributed by atoms with E-state index in [1.165, 1.54) is 6.42 Å². The van der Waals surface area contributed by atoms with Crippen molar-refractivity contribution in [3.8, 4) is 0 Å². The average molecular weight is 174 g/mol. The highest BCUT2D eigenvalue weighted by molar-refractivity contribution is 7.81. The van der Waals surface area contributed by atoms with Crippen LogP contribution in [0.3, 0.4) is 0 Å². The van der Waals surface area contributed by atoms with Gasteiger partial charge in [0, 0.05) is 0 Å². The summed E-state index contributed by atoms with van der Waals surface area (Å²) in [7, 11) is 0. The van der Waals surface area contributed by atoms with Gasteiger partial charge in [0.05, 0.1) is 0 Å². The summed E-state index contributed by atoms with van der Waals surface area (Å²) in [6.07, 6.45) is 3.57. The summed E-state index contributed by atoms with van der Waals surface area (Å²) in [6.45, 7) is 1.91. The quantitative estimate of drug-likeness (QED) is 0.588. The van der Waals surface area contributed by atoms with Gasteiger partial charge in [-0.15, -0.1) is 0 Å². The molecule has 1 amide bonds. The molecule has 1 aliphatic rings. The Kier molecular flexibility index (Phi) is 3.20. The van der Waals surface area contributed by atoms with Crippen LogP contribution >= 0.6 is 12.6 Å². The lowest BCUT2D eigenvalue weighted by Crippen LogP contribution is -2.43. The van der Waals surface area contributed by atoms with Gasteiger partial charge in [0.25, 0.3) is 0 Å². The van der Waals surface area contributed by atoms with Gasteiger partial charge in [-0.3, -0.25) is 9.69 Å². The van der Waals surface area contributed by atoms with E-state index in [9.17, 15) is 4.79 Å². The predicted octanol–water partition coefficient (Wildman–Crippen LogP) is 0.213. The molecular formula is C7H14N2OS. The molecule has 0 aliphatic carbocycles. The molecule has 0 aromatic carbocycles. The maximum Gasteiger partial charge on any atom is 0.244 e. The van der Waals surface area contributed by atoms with Crippen LogP contribution in [-0.2, 0) is 4.79 Å². The monoisotopic (exact) mass is 174 g/mol. The number of primary amides is 1. The van der Waals surface area contributed by atoms with E-state index in [-0.39, 0.29) is 11.3 Å². The standard InChI is InChI=1S/C7H14N2OS/c8-6(10)7(11)9-4-2-1-3-5-9/h7,11H,1-5H2,(H2,8,10). The lowest BCUT2D eigenvalue weighted by atomic mass is 10.1. The number of carbonyl (C=O) groups excluding carboxylic acids is 1. The number of hydrogen-bond donors (Lipinski definition) is 2. The lowest BCUT2D eigenvalue weighted by Gasteiger charge is -2.29. The lowest BCUT2D eigenvalue weighted by molar-refractivity contribution is -0.120. The second-order valence-corrected chi connectivity index (χ2v) is 3.36. The van der Waals surface area contributed by atoms with Crippen LogP contribution in [0.15, 0.2) is 0 Å². The molecule has 0 radical (unpaired) electrons. The Hall–Kier alpha value is -0.220. The normalized spacial score (nSPS) is 23.0. The Morgan fingerprint density at radius 3 is 2.36 bits per heavy atom. The molecule has 4 heteroatoms. The molecule has 1 saturated heterocycles. The fourth-order valence-corrected chi connectivity index (χ4v) is 1.57. The van der Waals surface area contributed by atoms with E-state index < -0.39 is 0 Å². The number of rotatable bonds is 2. The summed E-state index contributed by atoms with van der Waals surface area (Å²) in [5.41, 5.74) is 5.11. The van der Waals surface area contributed by atoms with E-state index in [0.29, 0.717) is 0 Å². The number of nitrogens with zero attached hydrogens (tertiary/aromatic N) is 1. The van der Waals surface area contributed by atoms with Crippen LogP contribution in [0, 0.1) is 0 Å². The van der Waals surface area contributed by atoms with Crippen LogP contribution < -0.4 is 5.73 Å². The number of thiol groups is 1. The molecule has 0 aromatic heterocycles. The number of nitrogens with two attached hydrogens (primary N) is 1. The zero-order valence-corrected chi connectivity index (χ0v) is 7.39. The van der Waals surface area contributed by atoms with E-state index >= 15 is 0 Å². The minimum atomic E-state index is -0.379. The summed E-state index contributed by atoms with van der Waals surface area (Å²) in [4.78, 5) is 12.7. The molecular weight excluding hydrogens is 160 g/mol. The highest BCUT2D eigenvalue weighted by Gasteiger charge is 2.20. The fraction of sp³-hybridized carbons (Fsp3) is 0.857. The number of hydrogen-bond acceptors (Lipinski definition) is 3. The summed E-state index contributed by atoms with van der Waals surface area (Å²) in [5.74, 6) is -0.338. The minimum Gasteiger partial charge on any atom is -0.368 e. The highest BCUT2D eigenvalue weighted by atomic mass is 32.1. The van der Waals surface area contributed by atoms with Crippen LogP contribution in [0.2, 0.25) is 0 Å². The van der Waals surface area contributed by atoms with Gasteiger partial charge in [0.1, 0.15) is 5.37 Å². The highest BCUT2D eigenvalue weighted by Crippen LogP contribution is 2.13. The molecule has 0 bridgehead atoms. The molecule has 0 aromatic rings. The van der Waals surface area contributed by atoms with Crippen molar-refractivity contribution in [2.45, 2.75) is 24.6 Å². The Morgan fingerprint density at radius 1 is 1.36 bits per heavy atom. The first kappa shape index (κ1) is 8.87. The minimum absolute atomic E-state index is 0.338. The molecule has 0 saturated carbocycles. The third-order valence-corrected chi connectivity index (χ3v) is 2.57. The maximum atomic E-state index is 10.7. The molecule has 0 spiro atoms. The van der Waals surface area contributed by atoms with E-state index in [0.717, 1.165) is 25.9 Å². The summed E-state index contributed by atoms with van der Waals surface area (Å²) < 4.78 is 0. The first-order valence-electron chi connectivity index (χ1n) is 3.93. The largest absolute Gasteiger partial charge is 0.368 e. The van der Waals surface area contributed by atoms with Gasteiger partial charge < -0.3 is 5.73 Å². The van der Waals surface area contributed by atoms with Gasteiger partial charge in [0.2, 0.25) is 5.91 Å². The second kappa shape index (κ2) is 3.97. The van der Waals surface area contributed by atoms with Gasteiger partial charge in [-0.2, -0.15) is 12.6 Å². The SMILES string of the molecule is NC(=O)C(S)N1CCCCC1. The van der Waals surface area contributed by atoms with Gasteiger partial charge in [-0.25, -0.2) is 0 Å². The summed E-state index contributed by atoms with van der Waals surface area (Å²) in [6, 6.07) is 0. The number of likely N-dealkylation sites (tertiary alicyclic amines) is 1. The van der Waals surface area contributed by atoms with Gasteiger partial charge >= 0.3 is 0 Å². The average Bonchev–Trinajstić information content (AvgIpc) is 2.05. The second-order valence-electron chi connectivity index (χ2n) is 2.87. The van der Waals surface area contributed by atoms with Crippen molar-refractivity contribution in [1.29, 1.82) is 0 Å². The predicted molar refractivity (Wildman–Crippen MR) is 47.4 cm³/mol. The first-order chi connectivity index (χ1) is 5.22. The molecule has 1 rings (SSSR count). The number of amides is 1.